The zero-order chi connectivity index (χ0) is 7.68. The summed E-state index contributed by atoms with van der Waals surface area (Å²) in [7, 11) is 0. The summed E-state index contributed by atoms with van der Waals surface area (Å²) in [6.45, 7) is 0. The van der Waals surface area contributed by atoms with Gasteiger partial charge >= 0.3 is 0 Å². The monoisotopic (exact) mass is 183 g/mol. The van der Waals surface area contributed by atoms with E-state index in [9.17, 15) is 0 Å². The fraction of sp³-hybridized carbons (Fsp3) is 0.250. The molecule has 0 aliphatic carbocycles. The summed E-state index contributed by atoms with van der Waals surface area (Å²) < 4.78 is 0.507. The van der Waals surface area contributed by atoms with Gasteiger partial charge in [0.25, 0.3) is 0 Å². The number of thioether (sulfide) groups is 2. The van der Waals surface area contributed by atoms with Crippen molar-refractivity contribution < 1.29 is 0 Å². The second-order valence-electron chi connectivity index (χ2n) is 2.33. The smallest absolute Gasteiger partial charge is 0.124 e. The molecule has 3 heteroatoms. The lowest BCUT2D eigenvalue weighted by Crippen LogP contribution is -2.02. The highest BCUT2D eigenvalue weighted by molar-refractivity contribution is 8.17. The van der Waals surface area contributed by atoms with Gasteiger partial charge in [0.05, 0.1) is 0 Å². The lowest BCUT2D eigenvalue weighted by Gasteiger charge is -2.03. The van der Waals surface area contributed by atoms with E-state index in [0.717, 1.165) is 0 Å². The van der Waals surface area contributed by atoms with Gasteiger partial charge in [0.15, 0.2) is 0 Å². The third kappa shape index (κ3) is 1.35. The largest absolute Gasteiger partial charge is 0.364 e. The molecular weight excluding hydrogens is 174 g/mol. The van der Waals surface area contributed by atoms with Gasteiger partial charge in [0.2, 0.25) is 0 Å². The third-order valence-electron chi connectivity index (χ3n) is 1.61. The Hall–Kier alpha value is -0.280. The molecule has 1 nitrogen and oxygen atoms in total. The summed E-state index contributed by atoms with van der Waals surface area (Å²) in [5, 5.41) is 3.41. The van der Waals surface area contributed by atoms with Gasteiger partial charge in [-0.25, -0.2) is 0 Å². The van der Waals surface area contributed by atoms with Crippen molar-refractivity contribution in [2.75, 3.05) is 11.6 Å². The lowest BCUT2D eigenvalue weighted by atomic mass is 10.3. The van der Waals surface area contributed by atoms with E-state index in [1.54, 1.807) is 0 Å². The number of rotatable bonds is 1. The van der Waals surface area contributed by atoms with E-state index in [-0.39, 0.29) is 0 Å². The Labute approximate surface area is 75.0 Å². The third-order valence-corrected chi connectivity index (χ3v) is 3.96. The van der Waals surface area contributed by atoms with Crippen molar-refractivity contribution in [2.45, 2.75) is 9.60 Å². The fourth-order valence-corrected chi connectivity index (χ4v) is 2.84. The summed E-state index contributed by atoms with van der Waals surface area (Å²) in [4.78, 5) is 1.37. The summed E-state index contributed by atoms with van der Waals surface area (Å²) in [6.07, 6.45) is 2.12. The van der Waals surface area contributed by atoms with E-state index in [1.807, 2.05) is 23.5 Å². The number of anilines is 1. The number of hydrogen-bond donors (Lipinski definition) is 1. The first-order valence-corrected chi connectivity index (χ1v) is 5.62. The first-order chi connectivity index (χ1) is 5.40. The van der Waals surface area contributed by atoms with Gasteiger partial charge in [-0.2, -0.15) is 0 Å². The second kappa shape index (κ2) is 2.99. The molecule has 58 valence electrons. The van der Waals surface area contributed by atoms with Gasteiger partial charge in [0, 0.05) is 10.6 Å². The number of fused-ring (bicyclic) bond motifs is 1. The Morgan fingerprint density at radius 1 is 1.45 bits per heavy atom. The molecule has 1 N–H and O–H groups in total. The van der Waals surface area contributed by atoms with Crippen LogP contribution in [0.3, 0.4) is 0 Å². The van der Waals surface area contributed by atoms with Crippen molar-refractivity contribution in [3.63, 3.8) is 0 Å². The second-order valence-corrected chi connectivity index (χ2v) is 4.71. The molecule has 1 heterocycles. The van der Waals surface area contributed by atoms with Crippen LogP contribution in [0.4, 0.5) is 5.69 Å². The molecule has 1 atom stereocenters. The number of benzene rings is 1. The van der Waals surface area contributed by atoms with E-state index < -0.39 is 0 Å². The quantitative estimate of drug-likeness (QED) is 0.719. The van der Waals surface area contributed by atoms with Crippen LogP contribution < -0.4 is 5.32 Å². The maximum Gasteiger partial charge on any atom is 0.124 e. The SMILES string of the molecule is CSC1Nc2ccccc2S1. The molecule has 11 heavy (non-hydrogen) atoms. The number of para-hydroxylation sites is 1. The Morgan fingerprint density at radius 2 is 2.27 bits per heavy atom. The molecule has 0 radical (unpaired) electrons. The van der Waals surface area contributed by atoms with Crippen molar-refractivity contribution in [2.24, 2.45) is 0 Å². The molecule has 1 aromatic rings. The van der Waals surface area contributed by atoms with Gasteiger partial charge in [-0.1, -0.05) is 23.9 Å². The standard InChI is InChI=1S/C8H9NS2/c1-10-8-9-6-4-2-3-5-7(6)11-8/h2-5,8-9H,1H3. The summed E-state index contributed by atoms with van der Waals surface area (Å²) in [6, 6.07) is 8.42. The molecule has 0 spiro atoms. The van der Waals surface area contributed by atoms with Crippen LogP contribution in [-0.4, -0.2) is 11.0 Å². The normalized spacial score (nSPS) is 21.0. The van der Waals surface area contributed by atoms with E-state index in [1.165, 1.54) is 10.6 Å². The summed E-state index contributed by atoms with van der Waals surface area (Å²) >= 11 is 3.73. The van der Waals surface area contributed by atoms with Crippen molar-refractivity contribution >= 4 is 29.2 Å². The molecule has 0 saturated carbocycles. The predicted octanol–water partition coefficient (Wildman–Crippen LogP) is 2.85. The molecule has 0 fully saturated rings. The van der Waals surface area contributed by atoms with Crippen molar-refractivity contribution in [3.05, 3.63) is 24.3 Å². The minimum absolute atomic E-state index is 0.507. The van der Waals surface area contributed by atoms with Gasteiger partial charge in [-0.15, -0.1) is 11.8 Å². The minimum Gasteiger partial charge on any atom is -0.364 e. The molecule has 0 saturated heterocycles. The molecule has 1 aliphatic heterocycles. The molecule has 1 aromatic carbocycles. The zero-order valence-corrected chi connectivity index (χ0v) is 7.84. The van der Waals surface area contributed by atoms with Gasteiger partial charge < -0.3 is 5.32 Å². The van der Waals surface area contributed by atoms with Gasteiger partial charge in [-0.3, -0.25) is 0 Å². The molecule has 0 amide bonds. The van der Waals surface area contributed by atoms with Crippen LogP contribution in [0.2, 0.25) is 0 Å². The Balaban J connectivity index is 2.27. The van der Waals surface area contributed by atoms with Crippen molar-refractivity contribution in [3.8, 4) is 0 Å². The fourth-order valence-electron chi connectivity index (χ4n) is 1.07. The average molecular weight is 183 g/mol. The van der Waals surface area contributed by atoms with Crippen LogP contribution >= 0.6 is 23.5 Å². The first kappa shape index (κ1) is 7.37. The summed E-state index contributed by atoms with van der Waals surface area (Å²) in [5.41, 5.74) is 1.27. The van der Waals surface area contributed by atoms with Crippen LogP contribution in [0.5, 0.6) is 0 Å². The molecule has 1 aliphatic rings. The minimum atomic E-state index is 0.507. The van der Waals surface area contributed by atoms with Gasteiger partial charge in [0.1, 0.15) is 4.71 Å². The highest BCUT2D eigenvalue weighted by atomic mass is 32.2. The van der Waals surface area contributed by atoms with Crippen LogP contribution in [0.25, 0.3) is 0 Å². The van der Waals surface area contributed by atoms with Crippen molar-refractivity contribution in [1.29, 1.82) is 0 Å². The van der Waals surface area contributed by atoms with Gasteiger partial charge in [-0.05, 0) is 18.4 Å². The van der Waals surface area contributed by atoms with Crippen LogP contribution in [0, 0.1) is 0 Å². The Kier molecular flexibility index (Phi) is 2.00. The zero-order valence-electron chi connectivity index (χ0n) is 6.20. The molecule has 1 unspecified atom stereocenters. The Bertz CT molecular complexity index is 237. The highest BCUT2D eigenvalue weighted by Gasteiger charge is 2.18. The average Bonchev–Trinajstić information content (AvgIpc) is 2.46. The maximum absolute atomic E-state index is 3.41. The van der Waals surface area contributed by atoms with E-state index in [0.29, 0.717) is 4.71 Å². The van der Waals surface area contributed by atoms with E-state index in [2.05, 4.69) is 35.8 Å². The lowest BCUT2D eigenvalue weighted by molar-refractivity contribution is 1.39. The maximum atomic E-state index is 3.41. The molecule has 2 rings (SSSR count). The van der Waals surface area contributed by atoms with E-state index >= 15 is 0 Å². The predicted molar refractivity (Wildman–Crippen MR) is 53.2 cm³/mol. The van der Waals surface area contributed by atoms with Crippen LogP contribution in [-0.2, 0) is 0 Å². The molecular formula is C8H9NS2. The van der Waals surface area contributed by atoms with E-state index in [4.69, 9.17) is 0 Å². The van der Waals surface area contributed by atoms with Crippen molar-refractivity contribution in [1.82, 2.24) is 0 Å². The molecule has 0 bridgehead atoms. The molecule has 0 aromatic heterocycles. The first-order valence-electron chi connectivity index (χ1n) is 3.45. The number of hydrogen-bond acceptors (Lipinski definition) is 3. The highest BCUT2D eigenvalue weighted by Crippen LogP contribution is 2.41. The number of nitrogens with one attached hydrogen (secondary N) is 1. The topological polar surface area (TPSA) is 12.0 Å². The van der Waals surface area contributed by atoms with Crippen LogP contribution in [0.1, 0.15) is 0 Å². The van der Waals surface area contributed by atoms with Crippen LogP contribution in [0.15, 0.2) is 29.2 Å². The summed E-state index contributed by atoms with van der Waals surface area (Å²) in [5.74, 6) is 0. The Morgan fingerprint density at radius 3 is 3.00 bits per heavy atom.